The van der Waals surface area contributed by atoms with E-state index in [0.717, 1.165) is 33.8 Å². The van der Waals surface area contributed by atoms with Crippen molar-refractivity contribution in [2.75, 3.05) is 0 Å². The van der Waals surface area contributed by atoms with Crippen LogP contribution in [0, 0.1) is 6.92 Å². The minimum Gasteiger partial charge on any atom is -0.460 e. The number of fused-ring (bicyclic) bond motifs is 4. The van der Waals surface area contributed by atoms with E-state index >= 15 is 0 Å². The van der Waals surface area contributed by atoms with Gasteiger partial charge in [0.1, 0.15) is 22.7 Å². The van der Waals surface area contributed by atoms with E-state index in [4.69, 9.17) is 8.83 Å². The summed E-state index contributed by atoms with van der Waals surface area (Å²) in [7, 11) is 0. The maximum absolute atomic E-state index is 13.7. The van der Waals surface area contributed by atoms with Crippen molar-refractivity contribution in [3.63, 3.8) is 0 Å². The van der Waals surface area contributed by atoms with Crippen LogP contribution in [0.25, 0.3) is 21.9 Å². The second kappa shape index (κ2) is 6.80. The van der Waals surface area contributed by atoms with Gasteiger partial charge in [0.25, 0.3) is 0 Å². The Hall–Kier alpha value is -3.40. The van der Waals surface area contributed by atoms with Crippen molar-refractivity contribution in [1.82, 2.24) is 0 Å². The summed E-state index contributed by atoms with van der Waals surface area (Å²) < 4.78 is 12.7. The number of allylic oxidation sites excluding steroid dienone is 2. The topological polar surface area (TPSA) is 60.4 Å². The van der Waals surface area contributed by atoms with Crippen LogP contribution in [-0.2, 0) is 0 Å². The molecular formula is C29H26O4. The Balaban J connectivity index is 1.64. The van der Waals surface area contributed by atoms with E-state index in [1.807, 2.05) is 49.4 Å². The summed E-state index contributed by atoms with van der Waals surface area (Å²) in [5.41, 5.74) is 6.18. The zero-order valence-electron chi connectivity index (χ0n) is 19.5. The van der Waals surface area contributed by atoms with Crippen LogP contribution in [-0.4, -0.2) is 0 Å². The molecule has 0 saturated carbocycles. The molecule has 6 rings (SSSR count). The van der Waals surface area contributed by atoms with Gasteiger partial charge in [0, 0.05) is 34.8 Å². The zero-order valence-corrected chi connectivity index (χ0v) is 19.5. The van der Waals surface area contributed by atoms with Crippen molar-refractivity contribution < 1.29 is 8.83 Å². The van der Waals surface area contributed by atoms with Crippen LogP contribution in [0.4, 0.5) is 0 Å². The molecule has 0 amide bonds. The molecule has 2 aromatic carbocycles. The normalized spacial score (nSPS) is 24.0. The first-order valence-electron chi connectivity index (χ1n) is 11.7. The molecule has 0 aliphatic heterocycles. The van der Waals surface area contributed by atoms with E-state index in [0.29, 0.717) is 21.9 Å². The van der Waals surface area contributed by atoms with Crippen molar-refractivity contribution in [1.29, 1.82) is 0 Å². The van der Waals surface area contributed by atoms with Crippen LogP contribution in [0.3, 0.4) is 0 Å². The second-order valence-electron chi connectivity index (χ2n) is 9.71. The smallest absolute Gasteiger partial charge is 0.196 e. The van der Waals surface area contributed by atoms with Crippen molar-refractivity contribution >= 4 is 21.9 Å². The van der Waals surface area contributed by atoms with Gasteiger partial charge >= 0.3 is 0 Å². The van der Waals surface area contributed by atoms with Gasteiger partial charge in [-0.2, -0.15) is 0 Å². The van der Waals surface area contributed by atoms with Gasteiger partial charge in [-0.3, -0.25) is 9.59 Å². The van der Waals surface area contributed by atoms with Gasteiger partial charge in [0.05, 0.1) is 10.8 Å². The summed E-state index contributed by atoms with van der Waals surface area (Å²) in [4.78, 5) is 27.2. The first-order chi connectivity index (χ1) is 15.8. The fraction of sp³-hybridized carbons (Fsp3) is 0.310. The second-order valence-corrected chi connectivity index (χ2v) is 9.71. The van der Waals surface area contributed by atoms with E-state index < -0.39 is 0 Å². The summed E-state index contributed by atoms with van der Waals surface area (Å²) in [6.45, 7) is 10.4. The van der Waals surface area contributed by atoms with Crippen molar-refractivity contribution in [3.8, 4) is 0 Å². The predicted molar refractivity (Wildman–Crippen MR) is 130 cm³/mol. The molecule has 2 aliphatic carbocycles. The molecule has 0 saturated heterocycles. The van der Waals surface area contributed by atoms with Crippen molar-refractivity contribution in [2.45, 2.75) is 58.3 Å². The van der Waals surface area contributed by atoms with Gasteiger partial charge < -0.3 is 8.83 Å². The Morgan fingerprint density at radius 1 is 0.636 bits per heavy atom. The highest BCUT2D eigenvalue weighted by Gasteiger charge is 2.44. The Kier molecular flexibility index (Phi) is 4.17. The molecule has 33 heavy (non-hydrogen) atoms. The summed E-state index contributed by atoms with van der Waals surface area (Å²) in [6, 6.07) is 13.2. The molecule has 0 N–H and O–H groups in total. The monoisotopic (exact) mass is 438 g/mol. The molecule has 4 heteroatoms. The first kappa shape index (κ1) is 20.2. The molecule has 2 heterocycles. The molecule has 166 valence electrons. The van der Waals surface area contributed by atoms with Gasteiger partial charge in [-0.05, 0) is 36.8 Å². The SMILES string of the molecule is Cc1ccc2oc3c(c(=O)c2c1)C(C)C1=C(C(C)c2oc4ccccc4c(=O)c2C1C)C3C. The lowest BCUT2D eigenvalue weighted by Gasteiger charge is -2.40. The maximum Gasteiger partial charge on any atom is 0.196 e. The van der Waals surface area contributed by atoms with Crippen LogP contribution in [0.5, 0.6) is 0 Å². The number of rotatable bonds is 0. The molecule has 0 radical (unpaired) electrons. The average Bonchev–Trinajstić information content (AvgIpc) is 2.80. The van der Waals surface area contributed by atoms with Crippen LogP contribution in [0.1, 0.15) is 79.6 Å². The summed E-state index contributed by atoms with van der Waals surface area (Å²) in [6.07, 6.45) is 0. The van der Waals surface area contributed by atoms with Gasteiger partial charge in [0.2, 0.25) is 0 Å². The van der Waals surface area contributed by atoms with Crippen LogP contribution in [0.2, 0.25) is 0 Å². The molecule has 0 bridgehead atoms. The predicted octanol–water partition coefficient (Wildman–Crippen LogP) is 6.65. The molecule has 4 aromatic rings. The Labute approximate surface area is 191 Å². The fourth-order valence-electron chi connectivity index (χ4n) is 6.32. The number of aryl methyl sites for hydroxylation is 1. The number of hydrogen-bond acceptors (Lipinski definition) is 4. The van der Waals surface area contributed by atoms with Crippen molar-refractivity contribution in [2.24, 2.45) is 0 Å². The Morgan fingerprint density at radius 3 is 1.79 bits per heavy atom. The van der Waals surface area contributed by atoms with E-state index in [1.54, 1.807) is 0 Å². The summed E-state index contributed by atoms with van der Waals surface area (Å²) >= 11 is 0. The lowest BCUT2D eigenvalue weighted by Crippen LogP contribution is -2.33. The number of hydrogen-bond donors (Lipinski definition) is 0. The fourth-order valence-corrected chi connectivity index (χ4v) is 6.32. The van der Waals surface area contributed by atoms with Gasteiger partial charge in [-0.1, -0.05) is 57.0 Å². The van der Waals surface area contributed by atoms with Crippen LogP contribution < -0.4 is 10.9 Å². The molecule has 0 fully saturated rings. The standard InChI is InChI=1S/C29H26O4/c1-13-10-11-21-19(12-13)27(31)25-15(3)22-14(2)24-26(30)18-8-6-7-9-20(18)32-28(24)16(4)23(22)17(5)29(25)33-21/h6-12,14-17H,1-5H3. The van der Waals surface area contributed by atoms with E-state index in [9.17, 15) is 9.59 Å². The highest BCUT2D eigenvalue weighted by Crippen LogP contribution is 2.55. The largest absolute Gasteiger partial charge is 0.460 e. The minimum atomic E-state index is -0.135. The lowest BCUT2D eigenvalue weighted by molar-refractivity contribution is 0.431. The molecule has 4 unspecified atom stereocenters. The Morgan fingerprint density at radius 2 is 1.15 bits per heavy atom. The highest BCUT2D eigenvalue weighted by molar-refractivity contribution is 5.80. The van der Waals surface area contributed by atoms with Crippen LogP contribution in [0.15, 0.2) is 72.0 Å². The molecular weight excluding hydrogens is 412 g/mol. The third-order valence-electron chi connectivity index (χ3n) is 7.82. The molecule has 2 aliphatic rings. The molecule has 0 spiro atoms. The first-order valence-corrected chi connectivity index (χ1v) is 11.7. The average molecular weight is 439 g/mol. The Bertz CT molecular complexity index is 1630. The van der Waals surface area contributed by atoms with E-state index in [2.05, 4.69) is 27.7 Å². The lowest BCUT2D eigenvalue weighted by atomic mass is 9.63. The van der Waals surface area contributed by atoms with E-state index in [-0.39, 0.29) is 34.5 Å². The molecule has 4 atom stereocenters. The number of benzene rings is 2. The van der Waals surface area contributed by atoms with Crippen LogP contribution >= 0.6 is 0 Å². The number of para-hydroxylation sites is 1. The van der Waals surface area contributed by atoms with Gasteiger partial charge in [-0.15, -0.1) is 0 Å². The maximum atomic E-state index is 13.7. The third-order valence-corrected chi connectivity index (χ3v) is 7.82. The summed E-state index contributed by atoms with van der Waals surface area (Å²) in [5, 5.41) is 1.23. The zero-order chi connectivity index (χ0) is 23.2. The third kappa shape index (κ3) is 2.58. The highest BCUT2D eigenvalue weighted by atomic mass is 16.3. The van der Waals surface area contributed by atoms with Crippen molar-refractivity contribution in [3.05, 3.63) is 102 Å². The van der Waals surface area contributed by atoms with Gasteiger partial charge in [-0.25, -0.2) is 0 Å². The quantitative estimate of drug-likeness (QED) is 0.289. The molecule has 2 aromatic heterocycles. The minimum absolute atomic E-state index is 0.0320. The molecule has 4 nitrogen and oxygen atoms in total. The summed E-state index contributed by atoms with van der Waals surface area (Å²) in [5.74, 6) is 1.06. The van der Waals surface area contributed by atoms with E-state index in [1.165, 1.54) is 5.57 Å². The van der Waals surface area contributed by atoms with Gasteiger partial charge in [0.15, 0.2) is 10.9 Å².